The average Bonchev–Trinajstić information content (AvgIpc) is 3.10. The van der Waals surface area contributed by atoms with Gasteiger partial charge >= 0.3 is 0 Å². The lowest BCUT2D eigenvalue weighted by Crippen LogP contribution is -2.32. The van der Waals surface area contributed by atoms with Crippen LogP contribution >= 0.6 is 11.3 Å². The summed E-state index contributed by atoms with van der Waals surface area (Å²) in [6.45, 7) is 11.1. The Morgan fingerprint density at radius 1 is 1.33 bits per heavy atom. The van der Waals surface area contributed by atoms with E-state index in [0.717, 1.165) is 35.0 Å². The quantitative estimate of drug-likeness (QED) is 0.888. The van der Waals surface area contributed by atoms with E-state index in [0.29, 0.717) is 0 Å². The first-order valence-corrected chi connectivity index (χ1v) is 9.31. The molecule has 1 aromatic heterocycles. The molecule has 0 fully saturated rings. The van der Waals surface area contributed by atoms with E-state index in [1.54, 1.807) is 11.3 Å². The van der Waals surface area contributed by atoms with Crippen molar-refractivity contribution in [3.63, 3.8) is 0 Å². The Bertz CT molecular complexity index is 758. The van der Waals surface area contributed by atoms with Crippen LogP contribution in [0.2, 0.25) is 0 Å². The zero-order chi connectivity index (χ0) is 17.5. The van der Waals surface area contributed by atoms with Crippen LogP contribution in [0.1, 0.15) is 40.2 Å². The van der Waals surface area contributed by atoms with Gasteiger partial charge in [-0.05, 0) is 44.9 Å². The van der Waals surface area contributed by atoms with Gasteiger partial charge in [0.15, 0.2) is 5.13 Å². The van der Waals surface area contributed by atoms with Gasteiger partial charge in [-0.25, -0.2) is 4.98 Å². The van der Waals surface area contributed by atoms with Crippen molar-refractivity contribution in [2.24, 2.45) is 5.92 Å². The number of nitrogens with one attached hydrogen (secondary N) is 1. The Balaban J connectivity index is 1.84. The summed E-state index contributed by atoms with van der Waals surface area (Å²) in [5.74, 6) is 0.229. The van der Waals surface area contributed by atoms with Gasteiger partial charge in [0.1, 0.15) is 0 Å². The minimum Gasteiger partial charge on any atom is -0.357 e. The summed E-state index contributed by atoms with van der Waals surface area (Å²) in [6, 6.07) is 6.31. The number of nitrogens with zero attached hydrogens (tertiary/aromatic N) is 2. The number of benzene rings is 1. The Morgan fingerprint density at radius 3 is 2.75 bits per heavy atom. The van der Waals surface area contributed by atoms with Gasteiger partial charge in [0, 0.05) is 34.6 Å². The van der Waals surface area contributed by atoms with Gasteiger partial charge in [-0.2, -0.15) is 0 Å². The molecule has 1 aliphatic heterocycles. The molecule has 4 nitrogen and oxygen atoms in total. The predicted molar refractivity (Wildman–Crippen MR) is 102 cm³/mol. The van der Waals surface area contributed by atoms with Crippen molar-refractivity contribution in [3.8, 4) is 11.3 Å². The van der Waals surface area contributed by atoms with Crippen molar-refractivity contribution < 1.29 is 4.79 Å². The van der Waals surface area contributed by atoms with Crippen molar-refractivity contribution in [1.82, 2.24) is 4.98 Å². The third kappa shape index (κ3) is 3.46. The molecule has 0 spiro atoms. The van der Waals surface area contributed by atoms with Crippen molar-refractivity contribution in [2.75, 3.05) is 16.8 Å². The molecule has 24 heavy (non-hydrogen) atoms. The third-order valence-electron chi connectivity index (χ3n) is 4.02. The Morgan fingerprint density at radius 2 is 2.08 bits per heavy atom. The first-order valence-electron chi connectivity index (χ1n) is 8.43. The second kappa shape index (κ2) is 6.20. The van der Waals surface area contributed by atoms with Crippen LogP contribution in [-0.4, -0.2) is 23.0 Å². The highest BCUT2D eigenvalue weighted by atomic mass is 32.1. The number of anilines is 2. The van der Waals surface area contributed by atoms with E-state index >= 15 is 0 Å². The van der Waals surface area contributed by atoms with Gasteiger partial charge in [-0.15, -0.1) is 11.3 Å². The third-order valence-corrected chi connectivity index (χ3v) is 4.77. The number of carbonyl (C=O) groups is 1. The second-order valence-corrected chi connectivity index (χ2v) is 8.51. The summed E-state index contributed by atoms with van der Waals surface area (Å²) in [7, 11) is 0. The fourth-order valence-electron chi connectivity index (χ4n) is 2.89. The summed E-state index contributed by atoms with van der Waals surface area (Å²) in [6.07, 6.45) is 0.916. The summed E-state index contributed by atoms with van der Waals surface area (Å²) < 4.78 is 0. The van der Waals surface area contributed by atoms with Crippen LogP contribution in [0.3, 0.4) is 0 Å². The number of aromatic nitrogens is 1. The van der Waals surface area contributed by atoms with Gasteiger partial charge in [0.2, 0.25) is 5.91 Å². The van der Waals surface area contributed by atoms with Crippen molar-refractivity contribution in [2.45, 2.75) is 46.6 Å². The van der Waals surface area contributed by atoms with Crippen molar-refractivity contribution in [1.29, 1.82) is 0 Å². The van der Waals surface area contributed by atoms with E-state index in [9.17, 15) is 4.79 Å². The molecular weight excluding hydrogens is 318 g/mol. The van der Waals surface area contributed by atoms with Gasteiger partial charge in [-0.1, -0.05) is 19.9 Å². The van der Waals surface area contributed by atoms with Crippen LogP contribution in [0, 0.1) is 5.92 Å². The molecule has 0 saturated heterocycles. The highest BCUT2D eigenvalue weighted by Gasteiger charge is 2.26. The van der Waals surface area contributed by atoms with Crippen LogP contribution in [0.25, 0.3) is 11.3 Å². The van der Waals surface area contributed by atoms with E-state index in [1.807, 2.05) is 18.7 Å². The summed E-state index contributed by atoms with van der Waals surface area (Å²) in [5, 5.41) is 6.44. The van der Waals surface area contributed by atoms with E-state index in [-0.39, 0.29) is 17.4 Å². The maximum Gasteiger partial charge on any atom is 0.229 e. The van der Waals surface area contributed by atoms with Gasteiger partial charge in [0.05, 0.1) is 5.69 Å². The van der Waals surface area contributed by atoms with E-state index in [4.69, 9.17) is 4.98 Å². The zero-order valence-electron chi connectivity index (χ0n) is 15.0. The molecule has 0 unspecified atom stereocenters. The van der Waals surface area contributed by atoms with E-state index in [1.165, 1.54) is 5.56 Å². The zero-order valence-corrected chi connectivity index (χ0v) is 15.8. The van der Waals surface area contributed by atoms with Crippen molar-refractivity contribution in [3.05, 3.63) is 29.1 Å². The lowest BCUT2D eigenvalue weighted by molar-refractivity contribution is -0.121. The van der Waals surface area contributed by atoms with Crippen LogP contribution in [0.15, 0.2) is 23.6 Å². The fourth-order valence-corrected chi connectivity index (χ4v) is 3.81. The van der Waals surface area contributed by atoms with E-state index in [2.05, 4.69) is 49.7 Å². The van der Waals surface area contributed by atoms with Crippen molar-refractivity contribution >= 4 is 28.1 Å². The maximum absolute atomic E-state index is 12.3. The molecule has 0 aliphatic carbocycles. The van der Waals surface area contributed by atoms with E-state index < -0.39 is 0 Å². The van der Waals surface area contributed by atoms with Gasteiger partial charge < -0.3 is 10.2 Å². The lowest BCUT2D eigenvalue weighted by Gasteiger charge is -2.19. The highest BCUT2D eigenvalue weighted by molar-refractivity contribution is 7.14. The highest BCUT2D eigenvalue weighted by Crippen LogP contribution is 2.34. The molecule has 2 heterocycles. The topological polar surface area (TPSA) is 45.2 Å². The molecule has 1 aromatic carbocycles. The molecular formula is C19H25N3OS. The fraction of sp³-hybridized carbons (Fsp3) is 0.474. The van der Waals surface area contributed by atoms with Crippen LogP contribution in [0.4, 0.5) is 10.8 Å². The standard InChI is InChI=1S/C19H25N3OS/c1-12(2)17(23)22-9-8-14-10-13(6-7-16(14)22)15-11-24-18(20-15)21-19(3,4)5/h6-7,10-12H,8-9H2,1-5H3,(H,20,21). The number of rotatable bonds is 3. The Hall–Kier alpha value is -1.88. The molecule has 0 saturated carbocycles. The minimum absolute atomic E-state index is 0.00473. The number of thiazole rings is 1. The molecule has 1 aliphatic rings. The number of carbonyl (C=O) groups excluding carboxylic acids is 1. The van der Waals surface area contributed by atoms with Gasteiger partial charge in [0.25, 0.3) is 0 Å². The summed E-state index contributed by atoms with van der Waals surface area (Å²) in [4.78, 5) is 18.9. The number of amides is 1. The normalized spacial score (nSPS) is 14.2. The van der Waals surface area contributed by atoms with Crippen LogP contribution < -0.4 is 10.2 Å². The minimum atomic E-state index is 0.00473. The molecule has 0 radical (unpaired) electrons. The molecule has 3 rings (SSSR count). The summed E-state index contributed by atoms with van der Waals surface area (Å²) >= 11 is 1.63. The van der Waals surface area contributed by atoms with Gasteiger partial charge in [-0.3, -0.25) is 4.79 Å². The first-order chi connectivity index (χ1) is 11.2. The molecule has 0 atom stereocenters. The molecule has 5 heteroatoms. The smallest absolute Gasteiger partial charge is 0.229 e. The SMILES string of the molecule is CC(C)C(=O)N1CCc2cc(-c3csc(NC(C)(C)C)n3)ccc21. The molecule has 1 N–H and O–H groups in total. The average molecular weight is 343 g/mol. The molecule has 0 bridgehead atoms. The maximum atomic E-state index is 12.3. The van der Waals surface area contributed by atoms with Crippen LogP contribution in [-0.2, 0) is 11.2 Å². The monoisotopic (exact) mass is 343 g/mol. The first kappa shape index (κ1) is 17.0. The largest absolute Gasteiger partial charge is 0.357 e. The molecule has 2 aromatic rings. The molecule has 1 amide bonds. The predicted octanol–water partition coefficient (Wildman–Crippen LogP) is 4.57. The van der Waals surface area contributed by atoms with Crippen LogP contribution in [0.5, 0.6) is 0 Å². The Labute approximate surface area is 147 Å². The number of hydrogen-bond acceptors (Lipinski definition) is 4. The molecule has 128 valence electrons. The Kier molecular flexibility index (Phi) is 4.38. The number of hydrogen-bond donors (Lipinski definition) is 1. The summed E-state index contributed by atoms with van der Waals surface area (Å²) in [5.41, 5.74) is 4.40. The number of fused-ring (bicyclic) bond motifs is 1. The lowest BCUT2D eigenvalue weighted by atomic mass is 10.1. The second-order valence-electron chi connectivity index (χ2n) is 7.65.